The van der Waals surface area contributed by atoms with Crippen LogP contribution in [0.1, 0.15) is 33.3 Å². The van der Waals surface area contributed by atoms with Gasteiger partial charge in [-0.1, -0.05) is 17.2 Å². The Morgan fingerprint density at radius 2 is 1.88 bits per heavy atom. The highest BCUT2D eigenvalue weighted by molar-refractivity contribution is 5.71. The van der Waals surface area contributed by atoms with E-state index in [1.807, 2.05) is 12.1 Å². The molecule has 5 atom stereocenters. The fourth-order valence-corrected chi connectivity index (χ4v) is 3.36. The van der Waals surface area contributed by atoms with Gasteiger partial charge in [0, 0.05) is 11.5 Å². The third-order valence-corrected chi connectivity index (χ3v) is 4.73. The molecule has 11 nitrogen and oxygen atoms in total. The minimum absolute atomic E-state index is 0.156. The molecule has 1 heterocycles. The number of esters is 1. The summed E-state index contributed by atoms with van der Waals surface area (Å²) >= 11 is 0. The van der Waals surface area contributed by atoms with Gasteiger partial charge in [-0.25, -0.2) is 4.79 Å². The van der Waals surface area contributed by atoms with E-state index in [1.54, 1.807) is 46.9 Å². The van der Waals surface area contributed by atoms with Gasteiger partial charge in [-0.2, -0.15) is 0 Å². The summed E-state index contributed by atoms with van der Waals surface area (Å²) in [7, 11) is 1.58. The van der Waals surface area contributed by atoms with E-state index >= 15 is 0 Å². The molecule has 184 valence electrons. The van der Waals surface area contributed by atoms with Crippen LogP contribution >= 0.6 is 0 Å². The largest absolute Gasteiger partial charge is 0.497 e. The molecule has 33 heavy (non-hydrogen) atoms. The predicted octanol–water partition coefficient (Wildman–Crippen LogP) is 2.74. The summed E-state index contributed by atoms with van der Waals surface area (Å²) in [5.41, 5.74) is 9.27. The highest BCUT2D eigenvalue weighted by Crippen LogP contribution is 2.30. The average Bonchev–Trinajstić information content (AvgIpc) is 2.77. The zero-order chi connectivity index (χ0) is 24.4. The van der Waals surface area contributed by atoms with E-state index in [2.05, 4.69) is 10.0 Å². The minimum atomic E-state index is -0.979. The molecule has 0 bridgehead atoms. The third kappa shape index (κ3) is 8.15. The maximum atomic E-state index is 12.3. The lowest BCUT2D eigenvalue weighted by atomic mass is 9.97. The second-order valence-corrected chi connectivity index (χ2v) is 8.36. The van der Waals surface area contributed by atoms with Gasteiger partial charge in [0.1, 0.15) is 42.3 Å². The summed E-state index contributed by atoms with van der Waals surface area (Å²) in [5, 5.41) is 13.7. The molecule has 1 aliphatic heterocycles. The summed E-state index contributed by atoms with van der Waals surface area (Å²) in [4.78, 5) is 15.1. The van der Waals surface area contributed by atoms with Crippen LogP contribution in [0, 0.1) is 0 Å². The first-order valence-corrected chi connectivity index (χ1v) is 10.7. The van der Waals surface area contributed by atoms with Gasteiger partial charge in [0.15, 0.2) is 6.29 Å². The van der Waals surface area contributed by atoms with Crippen molar-refractivity contribution in [2.45, 2.75) is 70.5 Å². The Bertz CT molecular complexity index is 792. The zero-order valence-electron chi connectivity index (χ0n) is 19.7. The Balaban J connectivity index is 2.24. The first-order chi connectivity index (χ1) is 15.7. The Labute approximate surface area is 193 Å². The van der Waals surface area contributed by atoms with Crippen LogP contribution in [0.15, 0.2) is 29.4 Å². The lowest BCUT2D eigenvalue weighted by Crippen LogP contribution is -2.60. The molecule has 1 saturated heterocycles. The SMILES string of the molecule is CCO[C@@H]1OC(CO)[C@@H](OCc2ccc(OC)cc2)[C@H](OCC(=O)OC(C)(C)C)C1N=[N+]=[N-]. The molecule has 1 aromatic carbocycles. The molecule has 2 unspecified atom stereocenters. The van der Waals surface area contributed by atoms with Gasteiger partial charge in [0.25, 0.3) is 0 Å². The van der Waals surface area contributed by atoms with Gasteiger partial charge < -0.3 is 33.5 Å². The quantitative estimate of drug-likeness (QED) is 0.227. The Morgan fingerprint density at radius 1 is 1.18 bits per heavy atom. The smallest absolute Gasteiger partial charge is 0.332 e. The maximum absolute atomic E-state index is 12.3. The molecule has 0 aromatic heterocycles. The number of carbonyl (C=O) groups is 1. The summed E-state index contributed by atoms with van der Waals surface area (Å²) in [6.45, 7) is 6.62. The summed E-state index contributed by atoms with van der Waals surface area (Å²) < 4.78 is 33.8. The summed E-state index contributed by atoms with van der Waals surface area (Å²) in [6.07, 6.45) is -3.61. The highest BCUT2D eigenvalue weighted by Gasteiger charge is 2.48. The molecular formula is C22H33N3O8. The molecule has 0 radical (unpaired) electrons. The number of azide groups is 1. The lowest BCUT2D eigenvalue weighted by molar-refractivity contribution is -0.281. The van der Waals surface area contributed by atoms with Crippen molar-refractivity contribution in [2.75, 3.05) is 26.9 Å². The lowest BCUT2D eigenvalue weighted by Gasteiger charge is -2.44. The zero-order valence-corrected chi connectivity index (χ0v) is 19.7. The van der Waals surface area contributed by atoms with Crippen LogP contribution in [-0.4, -0.2) is 74.3 Å². The van der Waals surface area contributed by atoms with E-state index in [1.165, 1.54) is 0 Å². The number of hydrogen-bond acceptors (Lipinski definition) is 9. The van der Waals surface area contributed by atoms with Gasteiger partial charge in [0.05, 0.1) is 20.3 Å². The van der Waals surface area contributed by atoms with Crippen LogP contribution in [0.3, 0.4) is 0 Å². The predicted molar refractivity (Wildman–Crippen MR) is 117 cm³/mol. The topological polar surface area (TPSA) is 141 Å². The van der Waals surface area contributed by atoms with Gasteiger partial charge in [-0.3, -0.25) is 0 Å². The average molecular weight is 468 g/mol. The second-order valence-electron chi connectivity index (χ2n) is 8.36. The fraction of sp³-hybridized carbons (Fsp3) is 0.682. The van der Waals surface area contributed by atoms with Gasteiger partial charge >= 0.3 is 5.97 Å². The van der Waals surface area contributed by atoms with E-state index in [9.17, 15) is 9.90 Å². The number of ether oxygens (including phenoxy) is 6. The second kappa shape index (κ2) is 12.7. The third-order valence-electron chi connectivity index (χ3n) is 4.73. The molecule has 0 amide bonds. The molecule has 1 fully saturated rings. The first-order valence-electron chi connectivity index (χ1n) is 10.7. The number of aliphatic hydroxyl groups excluding tert-OH is 1. The van der Waals surface area contributed by atoms with E-state index in [0.717, 1.165) is 5.56 Å². The van der Waals surface area contributed by atoms with Crippen LogP contribution in [-0.2, 0) is 35.1 Å². The normalized spacial score (nSPS) is 25.2. The van der Waals surface area contributed by atoms with Crippen molar-refractivity contribution in [3.8, 4) is 5.75 Å². The molecule has 0 spiro atoms. The Hall–Kier alpha value is -2.40. The molecule has 0 saturated carbocycles. The van der Waals surface area contributed by atoms with Crippen molar-refractivity contribution >= 4 is 5.97 Å². The van der Waals surface area contributed by atoms with Gasteiger partial charge in [-0.15, -0.1) is 0 Å². The van der Waals surface area contributed by atoms with Crippen LogP contribution in [0.2, 0.25) is 0 Å². The van der Waals surface area contributed by atoms with E-state index in [4.69, 9.17) is 34.0 Å². The van der Waals surface area contributed by atoms with Crippen LogP contribution in [0.5, 0.6) is 5.75 Å². The minimum Gasteiger partial charge on any atom is -0.497 e. The van der Waals surface area contributed by atoms with Crippen LogP contribution in [0.25, 0.3) is 10.4 Å². The van der Waals surface area contributed by atoms with E-state index in [-0.39, 0.29) is 13.2 Å². The summed E-state index contributed by atoms with van der Waals surface area (Å²) in [6, 6.07) is 6.30. The Morgan fingerprint density at radius 3 is 2.42 bits per heavy atom. The first kappa shape index (κ1) is 26.8. The van der Waals surface area contributed by atoms with Gasteiger partial charge in [0.2, 0.25) is 0 Å². The molecule has 1 N–H and O–H groups in total. The molecule has 0 aliphatic carbocycles. The molecular weight excluding hydrogens is 434 g/mol. The highest BCUT2D eigenvalue weighted by atomic mass is 16.7. The number of benzene rings is 1. The molecule has 1 aromatic rings. The van der Waals surface area contributed by atoms with Crippen molar-refractivity contribution in [1.29, 1.82) is 0 Å². The molecule has 11 heteroatoms. The van der Waals surface area contributed by atoms with E-state index in [0.29, 0.717) is 5.75 Å². The number of hydrogen-bond donors (Lipinski definition) is 1. The maximum Gasteiger partial charge on any atom is 0.332 e. The summed E-state index contributed by atoms with van der Waals surface area (Å²) in [5.74, 6) is 0.116. The van der Waals surface area contributed by atoms with E-state index < -0.39 is 55.4 Å². The standard InChI is InChI=1S/C22H33N3O8/c1-6-29-21-18(24-25-23)20(31-13-17(27)33-22(2,3)4)19(16(11-26)32-21)30-12-14-7-9-15(28-5)10-8-14/h7-10,16,18-21,26H,6,11-13H2,1-5H3/t16?,18?,19-,20-,21-/m1/s1. The molecule has 1 aliphatic rings. The van der Waals surface area contributed by atoms with Gasteiger partial charge in [-0.05, 0) is 50.9 Å². The fourth-order valence-electron chi connectivity index (χ4n) is 3.36. The molecule has 2 rings (SSSR count). The number of carbonyl (C=O) groups excluding carboxylic acids is 1. The van der Waals surface area contributed by atoms with Crippen molar-refractivity contribution in [2.24, 2.45) is 5.11 Å². The number of aliphatic hydroxyl groups is 1. The van der Waals surface area contributed by atoms with Crippen molar-refractivity contribution in [1.82, 2.24) is 0 Å². The number of methoxy groups -OCH3 is 1. The van der Waals surface area contributed by atoms with Crippen molar-refractivity contribution < 1.29 is 38.3 Å². The monoisotopic (exact) mass is 467 g/mol. The number of rotatable bonds is 11. The van der Waals surface area contributed by atoms with Crippen LogP contribution in [0.4, 0.5) is 0 Å². The van der Waals surface area contributed by atoms with Crippen LogP contribution < -0.4 is 4.74 Å². The number of nitrogens with zero attached hydrogens (tertiary/aromatic N) is 3. The Kier molecular flexibility index (Phi) is 10.4. The van der Waals surface area contributed by atoms with Crippen molar-refractivity contribution in [3.05, 3.63) is 40.3 Å². The van der Waals surface area contributed by atoms with Crippen molar-refractivity contribution in [3.63, 3.8) is 0 Å².